The fraction of sp³-hybridized carbons (Fsp3) is 0.227. The summed E-state index contributed by atoms with van der Waals surface area (Å²) in [7, 11) is 0. The van der Waals surface area contributed by atoms with Gasteiger partial charge in [-0.15, -0.1) is 0 Å². The van der Waals surface area contributed by atoms with Crippen LogP contribution in [0.3, 0.4) is 0 Å². The van der Waals surface area contributed by atoms with E-state index in [1.54, 1.807) is 12.1 Å². The highest BCUT2D eigenvalue weighted by Gasteiger charge is 2.61. The standard InChI is InChI=1S/C22H16F5N3O3/c23-21(24,25)22(26,27)33-17-8-6-16(7-9-17)32-19-3-1-2-18(14-4-5-14)30(19)29-20(31)15-10-12-28-13-11-15/h1-3,6-14H,4-5H2. The molecule has 0 amide bonds. The molecule has 1 fully saturated rings. The van der Waals surface area contributed by atoms with Crippen molar-refractivity contribution in [2.24, 2.45) is 5.10 Å². The van der Waals surface area contributed by atoms with Crippen molar-refractivity contribution < 1.29 is 41.2 Å². The lowest BCUT2D eigenvalue weighted by Crippen LogP contribution is -2.41. The van der Waals surface area contributed by atoms with Gasteiger partial charge in [-0.2, -0.15) is 22.0 Å². The van der Waals surface area contributed by atoms with Crippen LogP contribution in [-0.4, -0.2) is 23.2 Å². The van der Waals surface area contributed by atoms with Crippen LogP contribution in [0.2, 0.25) is 0 Å². The van der Waals surface area contributed by atoms with E-state index in [0.717, 1.165) is 30.7 Å². The summed E-state index contributed by atoms with van der Waals surface area (Å²) in [5.74, 6) is -0.745. The van der Waals surface area contributed by atoms with E-state index in [0.29, 0.717) is 5.56 Å². The number of ether oxygens (including phenoxy) is 2. The van der Waals surface area contributed by atoms with Gasteiger partial charge in [0.05, 0.1) is 12.0 Å². The minimum absolute atomic E-state index is 0.117. The average Bonchev–Trinajstić information content (AvgIpc) is 3.61. The molecule has 172 valence electrons. The number of hydrogen-bond donors (Lipinski definition) is 0. The number of nitrogens with zero attached hydrogens (tertiary/aromatic N) is 3. The second-order valence-corrected chi connectivity index (χ2v) is 7.21. The van der Waals surface area contributed by atoms with Gasteiger partial charge in [0.25, 0.3) is 0 Å². The normalized spacial score (nSPS) is 14.8. The maximum absolute atomic E-state index is 13.1. The summed E-state index contributed by atoms with van der Waals surface area (Å²) in [6.45, 7) is 0. The lowest BCUT2D eigenvalue weighted by atomic mass is 10.2. The number of alkyl halides is 5. The number of benzene rings is 1. The molecule has 0 radical (unpaired) electrons. The number of aromatic nitrogens is 2. The Morgan fingerprint density at radius 1 is 0.939 bits per heavy atom. The molecule has 6 nitrogen and oxygen atoms in total. The van der Waals surface area contributed by atoms with Crippen LogP contribution >= 0.6 is 0 Å². The Morgan fingerprint density at radius 2 is 1.58 bits per heavy atom. The largest absolute Gasteiger partial charge is 0.854 e. The van der Waals surface area contributed by atoms with Crippen molar-refractivity contribution in [3.8, 4) is 17.4 Å². The van der Waals surface area contributed by atoms with Gasteiger partial charge in [0.15, 0.2) is 0 Å². The third-order valence-electron chi connectivity index (χ3n) is 4.70. The number of pyridine rings is 2. The monoisotopic (exact) mass is 465 g/mol. The van der Waals surface area contributed by atoms with E-state index in [9.17, 15) is 27.1 Å². The minimum atomic E-state index is -5.85. The summed E-state index contributed by atoms with van der Waals surface area (Å²) in [5, 5.41) is 16.8. The first-order chi connectivity index (χ1) is 15.6. The Bertz CT molecular complexity index is 1150. The van der Waals surface area contributed by atoms with Gasteiger partial charge in [-0.3, -0.25) is 4.98 Å². The minimum Gasteiger partial charge on any atom is -0.854 e. The molecular weight excluding hydrogens is 449 g/mol. The van der Waals surface area contributed by atoms with Crippen LogP contribution in [0.4, 0.5) is 22.0 Å². The van der Waals surface area contributed by atoms with Crippen LogP contribution < -0.4 is 19.3 Å². The van der Waals surface area contributed by atoms with E-state index in [1.165, 1.54) is 41.3 Å². The zero-order valence-electron chi connectivity index (χ0n) is 16.8. The third-order valence-corrected chi connectivity index (χ3v) is 4.70. The van der Waals surface area contributed by atoms with E-state index < -0.39 is 23.9 Å². The Balaban J connectivity index is 1.60. The van der Waals surface area contributed by atoms with E-state index in [-0.39, 0.29) is 17.5 Å². The first kappa shape index (κ1) is 22.4. The molecule has 0 unspecified atom stereocenters. The smallest absolute Gasteiger partial charge is 0.499 e. The van der Waals surface area contributed by atoms with E-state index >= 15 is 0 Å². The van der Waals surface area contributed by atoms with E-state index in [1.807, 2.05) is 6.07 Å². The second kappa shape index (κ2) is 8.64. The van der Waals surface area contributed by atoms with Crippen molar-refractivity contribution in [2.45, 2.75) is 31.0 Å². The van der Waals surface area contributed by atoms with Gasteiger partial charge in [0.1, 0.15) is 11.5 Å². The van der Waals surface area contributed by atoms with E-state index in [4.69, 9.17) is 4.74 Å². The molecule has 0 aliphatic heterocycles. The number of rotatable bonds is 7. The van der Waals surface area contributed by atoms with Gasteiger partial charge < -0.3 is 14.6 Å². The van der Waals surface area contributed by atoms with Gasteiger partial charge in [-0.05, 0) is 70.6 Å². The quantitative estimate of drug-likeness (QED) is 0.228. The van der Waals surface area contributed by atoms with Crippen LogP contribution in [-0.2, 0) is 0 Å². The molecule has 1 aromatic carbocycles. The maximum atomic E-state index is 13.1. The molecule has 0 atom stereocenters. The Kier molecular flexibility index (Phi) is 5.88. The van der Waals surface area contributed by atoms with Gasteiger partial charge in [-0.1, -0.05) is 0 Å². The highest BCUT2D eigenvalue weighted by molar-refractivity contribution is 5.89. The number of hydrogen-bond acceptors (Lipinski definition) is 5. The Morgan fingerprint density at radius 3 is 2.18 bits per heavy atom. The topological polar surface area (TPSA) is 70.7 Å². The molecule has 0 N–H and O–H groups in total. The van der Waals surface area contributed by atoms with E-state index in [2.05, 4.69) is 14.8 Å². The summed E-state index contributed by atoms with van der Waals surface area (Å²) in [4.78, 5) is 3.86. The molecule has 1 aliphatic rings. The highest BCUT2D eigenvalue weighted by atomic mass is 19.4. The average molecular weight is 465 g/mol. The molecule has 1 saturated carbocycles. The lowest BCUT2D eigenvalue weighted by Gasteiger charge is -2.20. The summed E-state index contributed by atoms with van der Waals surface area (Å²) >= 11 is 0. The van der Waals surface area contributed by atoms with Crippen molar-refractivity contribution in [3.63, 3.8) is 0 Å². The molecule has 2 heterocycles. The summed E-state index contributed by atoms with van der Waals surface area (Å²) in [6, 6.07) is 12.3. The van der Waals surface area contributed by atoms with Crippen molar-refractivity contribution in [1.29, 1.82) is 0 Å². The van der Waals surface area contributed by atoms with Crippen molar-refractivity contribution >= 4 is 5.90 Å². The van der Waals surface area contributed by atoms with Crippen molar-refractivity contribution in [3.05, 3.63) is 78.2 Å². The fourth-order valence-corrected chi connectivity index (χ4v) is 2.92. The molecule has 11 heteroatoms. The summed E-state index contributed by atoms with van der Waals surface area (Å²) < 4.78 is 74.0. The molecule has 0 bridgehead atoms. The molecule has 0 saturated heterocycles. The fourth-order valence-electron chi connectivity index (χ4n) is 2.92. The van der Waals surface area contributed by atoms with Crippen molar-refractivity contribution in [1.82, 2.24) is 4.98 Å². The zero-order chi connectivity index (χ0) is 23.6. The SMILES string of the molecule is [O-]C(=N[n+]1c(Oc2ccc(OC(F)(F)C(F)(F)F)cc2)cccc1C1CC1)c1ccncc1. The number of halogens is 5. The van der Waals surface area contributed by atoms with Crippen molar-refractivity contribution in [2.75, 3.05) is 0 Å². The molecule has 0 spiro atoms. The Hall–Kier alpha value is -3.76. The summed E-state index contributed by atoms with van der Waals surface area (Å²) in [5.41, 5.74) is 1.07. The van der Waals surface area contributed by atoms with Crippen LogP contribution in [0.15, 0.2) is 72.1 Å². The van der Waals surface area contributed by atoms with Crippen LogP contribution in [0.25, 0.3) is 0 Å². The van der Waals surface area contributed by atoms with Crippen LogP contribution in [0.1, 0.15) is 30.0 Å². The maximum Gasteiger partial charge on any atom is 0.499 e. The van der Waals surface area contributed by atoms with Crippen LogP contribution in [0, 0.1) is 0 Å². The first-order valence-corrected chi connectivity index (χ1v) is 9.77. The second-order valence-electron chi connectivity index (χ2n) is 7.21. The molecular formula is C22H16F5N3O3. The predicted octanol–water partition coefficient (Wildman–Crippen LogP) is 4.14. The molecule has 1 aliphatic carbocycles. The highest BCUT2D eigenvalue weighted by Crippen LogP contribution is 2.39. The zero-order valence-corrected chi connectivity index (χ0v) is 16.8. The van der Waals surface area contributed by atoms with Gasteiger partial charge >= 0.3 is 18.2 Å². The summed E-state index contributed by atoms with van der Waals surface area (Å²) in [6.07, 6.45) is -6.42. The molecule has 2 aromatic heterocycles. The molecule has 3 aromatic rings. The van der Waals surface area contributed by atoms with Gasteiger partial charge in [0, 0.05) is 24.4 Å². The van der Waals surface area contributed by atoms with Crippen LogP contribution in [0.5, 0.6) is 17.4 Å². The molecule has 4 rings (SSSR count). The lowest BCUT2D eigenvalue weighted by molar-refractivity contribution is -0.693. The first-order valence-electron chi connectivity index (χ1n) is 9.77. The third kappa shape index (κ3) is 5.18. The van der Waals surface area contributed by atoms with Gasteiger partial charge in [-0.25, -0.2) is 0 Å². The van der Waals surface area contributed by atoms with Gasteiger partial charge in [0.2, 0.25) is 5.69 Å². The Labute approximate surface area is 184 Å². The predicted molar refractivity (Wildman–Crippen MR) is 103 cm³/mol. The molecule has 33 heavy (non-hydrogen) atoms.